The zero-order valence-electron chi connectivity index (χ0n) is 17.1. The molecule has 2 unspecified atom stereocenters. The van der Waals surface area contributed by atoms with Gasteiger partial charge in [0, 0.05) is 30.7 Å². The number of aryl methyl sites for hydroxylation is 1. The van der Waals surface area contributed by atoms with Crippen LogP contribution in [0.4, 0.5) is 5.95 Å². The SMILES string of the molecule is Cc1nc2cc(-c3c[c]nc(N4CCOCC4)n3)ccc2n1C(C)C1CCCN1. The molecule has 5 rings (SSSR count). The molecule has 2 fully saturated rings. The molecule has 4 heterocycles. The summed E-state index contributed by atoms with van der Waals surface area (Å²) in [6.45, 7) is 8.55. The van der Waals surface area contributed by atoms with Gasteiger partial charge in [0.1, 0.15) is 5.82 Å². The molecule has 151 valence electrons. The summed E-state index contributed by atoms with van der Waals surface area (Å²) in [5, 5.41) is 3.63. The van der Waals surface area contributed by atoms with Crippen molar-refractivity contribution in [2.75, 3.05) is 37.7 Å². The summed E-state index contributed by atoms with van der Waals surface area (Å²) >= 11 is 0. The fraction of sp³-hybridized carbons (Fsp3) is 0.500. The van der Waals surface area contributed by atoms with Gasteiger partial charge in [0.05, 0.1) is 36.1 Å². The largest absolute Gasteiger partial charge is 0.378 e. The third-order valence-corrected chi connectivity index (χ3v) is 6.13. The van der Waals surface area contributed by atoms with E-state index in [1.54, 1.807) is 0 Å². The van der Waals surface area contributed by atoms with E-state index >= 15 is 0 Å². The van der Waals surface area contributed by atoms with Crippen LogP contribution in [0, 0.1) is 13.1 Å². The Hall–Kier alpha value is -2.51. The Morgan fingerprint density at radius 3 is 2.90 bits per heavy atom. The first-order chi connectivity index (χ1) is 14.2. The molecular formula is C22H27N6O. The van der Waals surface area contributed by atoms with E-state index in [1.807, 2.05) is 6.07 Å². The maximum absolute atomic E-state index is 5.43. The first-order valence-electron chi connectivity index (χ1n) is 10.5. The van der Waals surface area contributed by atoms with Crippen molar-refractivity contribution in [2.45, 2.75) is 38.8 Å². The molecule has 1 radical (unpaired) electrons. The standard InChI is InChI=1S/C22H27N6O/c1-15(18-4-3-8-23-18)28-16(2)25-20-14-17(5-6-21(20)28)19-7-9-24-22(26-19)27-10-12-29-13-11-27/h5-7,14-15,18,23H,3-4,8,10-13H2,1-2H3. The number of nitrogens with zero attached hydrogens (tertiary/aromatic N) is 5. The Labute approximate surface area is 171 Å². The van der Waals surface area contributed by atoms with Crippen molar-refractivity contribution in [2.24, 2.45) is 0 Å². The molecule has 0 aliphatic carbocycles. The van der Waals surface area contributed by atoms with E-state index in [0.29, 0.717) is 31.2 Å². The van der Waals surface area contributed by atoms with Gasteiger partial charge in [-0.15, -0.1) is 0 Å². The molecule has 7 nitrogen and oxygen atoms in total. The highest BCUT2D eigenvalue weighted by molar-refractivity contribution is 5.82. The molecule has 0 amide bonds. The monoisotopic (exact) mass is 391 g/mol. The summed E-state index contributed by atoms with van der Waals surface area (Å²) in [5.41, 5.74) is 4.11. The van der Waals surface area contributed by atoms with Gasteiger partial charge in [0.2, 0.25) is 5.95 Å². The number of anilines is 1. The smallest absolute Gasteiger partial charge is 0.226 e. The molecule has 2 aliphatic heterocycles. The highest BCUT2D eigenvalue weighted by Gasteiger charge is 2.25. The Bertz CT molecular complexity index is 1000. The summed E-state index contributed by atoms with van der Waals surface area (Å²) in [4.78, 5) is 16.1. The van der Waals surface area contributed by atoms with Crippen molar-refractivity contribution < 1.29 is 4.74 Å². The van der Waals surface area contributed by atoms with Gasteiger partial charge in [-0.2, -0.15) is 0 Å². The lowest BCUT2D eigenvalue weighted by Crippen LogP contribution is -2.37. The lowest BCUT2D eigenvalue weighted by Gasteiger charge is -2.26. The number of hydrogen-bond donors (Lipinski definition) is 1. The lowest BCUT2D eigenvalue weighted by atomic mass is 10.1. The van der Waals surface area contributed by atoms with Crippen LogP contribution < -0.4 is 10.2 Å². The molecule has 2 saturated heterocycles. The van der Waals surface area contributed by atoms with Crippen LogP contribution in [-0.4, -0.2) is 58.4 Å². The summed E-state index contributed by atoms with van der Waals surface area (Å²) in [6.07, 6.45) is 5.49. The molecule has 2 aliphatic rings. The maximum atomic E-state index is 5.43. The molecule has 1 aromatic carbocycles. The number of aromatic nitrogens is 4. The van der Waals surface area contributed by atoms with E-state index in [1.165, 1.54) is 18.4 Å². The second-order valence-corrected chi connectivity index (χ2v) is 7.96. The minimum absolute atomic E-state index is 0.383. The zero-order valence-corrected chi connectivity index (χ0v) is 17.1. The van der Waals surface area contributed by atoms with Crippen LogP contribution in [-0.2, 0) is 4.74 Å². The van der Waals surface area contributed by atoms with Gasteiger partial charge in [0.15, 0.2) is 0 Å². The molecule has 2 atom stereocenters. The van der Waals surface area contributed by atoms with Gasteiger partial charge in [-0.25, -0.2) is 15.0 Å². The molecule has 7 heteroatoms. The van der Waals surface area contributed by atoms with E-state index in [2.05, 4.69) is 58.0 Å². The molecule has 3 aromatic rings. The van der Waals surface area contributed by atoms with Crippen LogP contribution in [0.15, 0.2) is 24.3 Å². The topological polar surface area (TPSA) is 68.1 Å². The van der Waals surface area contributed by atoms with E-state index in [4.69, 9.17) is 14.7 Å². The van der Waals surface area contributed by atoms with Crippen molar-refractivity contribution in [3.63, 3.8) is 0 Å². The second-order valence-electron chi connectivity index (χ2n) is 7.96. The molecule has 2 aromatic heterocycles. The summed E-state index contributed by atoms with van der Waals surface area (Å²) in [5.74, 6) is 1.77. The summed E-state index contributed by atoms with van der Waals surface area (Å²) in [7, 11) is 0. The molecule has 0 saturated carbocycles. The fourth-order valence-corrected chi connectivity index (χ4v) is 4.56. The number of hydrogen-bond acceptors (Lipinski definition) is 6. The van der Waals surface area contributed by atoms with Gasteiger partial charge in [-0.1, -0.05) is 6.07 Å². The van der Waals surface area contributed by atoms with Crippen LogP contribution in [0.1, 0.15) is 31.6 Å². The van der Waals surface area contributed by atoms with E-state index in [9.17, 15) is 0 Å². The number of fused-ring (bicyclic) bond motifs is 1. The van der Waals surface area contributed by atoms with Gasteiger partial charge in [-0.3, -0.25) is 0 Å². The third kappa shape index (κ3) is 3.49. The summed E-state index contributed by atoms with van der Waals surface area (Å²) < 4.78 is 7.80. The average Bonchev–Trinajstić information content (AvgIpc) is 3.41. The van der Waals surface area contributed by atoms with Crippen molar-refractivity contribution in [1.29, 1.82) is 0 Å². The van der Waals surface area contributed by atoms with Crippen molar-refractivity contribution >= 4 is 17.0 Å². The van der Waals surface area contributed by atoms with Crippen LogP contribution >= 0.6 is 0 Å². The predicted octanol–water partition coefficient (Wildman–Crippen LogP) is 2.75. The number of nitrogens with one attached hydrogen (secondary N) is 1. The minimum atomic E-state index is 0.383. The van der Waals surface area contributed by atoms with Crippen molar-refractivity contribution in [1.82, 2.24) is 24.8 Å². The molecular weight excluding hydrogens is 364 g/mol. The van der Waals surface area contributed by atoms with E-state index in [0.717, 1.165) is 42.2 Å². The highest BCUT2D eigenvalue weighted by Crippen LogP contribution is 2.29. The molecule has 0 spiro atoms. The lowest BCUT2D eigenvalue weighted by molar-refractivity contribution is 0.122. The van der Waals surface area contributed by atoms with Gasteiger partial charge >= 0.3 is 0 Å². The minimum Gasteiger partial charge on any atom is -0.378 e. The van der Waals surface area contributed by atoms with E-state index < -0.39 is 0 Å². The van der Waals surface area contributed by atoms with Crippen LogP contribution in [0.3, 0.4) is 0 Å². The second kappa shape index (κ2) is 7.72. The van der Waals surface area contributed by atoms with Gasteiger partial charge < -0.3 is 19.5 Å². The van der Waals surface area contributed by atoms with E-state index in [-0.39, 0.29) is 0 Å². The summed E-state index contributed by atoms with van der Waals surface area (Å²) in [6, 6.07) is 9.18. The van der Waals surface area contributed by atoms with Crippen LogP contribution in [0.2, 0.25) is 0 Å². The fourth-order valence-electron chi connectivity index (χ4n) is 4.56. The number of rotatable bonds is 4. The normalized spacial score (nSPS) is 21.0. The zero-order chi connectivity index (χ0) is 19.8. The number of benzene rings is 1. The quantitative estimate of drug-likeness (QED) is 0.738. The molecule has 1 N–H and O–H groups in total. The molecule has 0 bridgehead atoms. The Morgan fingerprint density at radius 2 is 2.10 bits per heavy atom. The van der Waals surface area contributed by atoms with Gasteiger partial charge in [0.25, 0.3) is 0 Å². The van der Waals surface area contributed by atoms with Crippen LogP contribution in [0.5, 0.6) is 0 Å². The van der Waals surface area contributed by atoms with Crippen molar-refractivity contribution in [3.8, 4) is 11.3 Å². The number of imidazole rings is 1. The maximum Gasteiger partial charge on any atom is 0.226 e. The average molecular weight is 391 g/mol. The molecule has 29 heavy (non-hydrogen) atoms. The Balaban J connectivity index is 1.48. The van der Waals surface area contributed by atoms with Crippen LogP contribution in [0.25, 0.3) is 22.3 Å². The Morgan fingerprint density at radius 1 is 1.24 bits per heavy atom. The predicted molar refractivity (Wildman–Crippen MR) is 113 cm³/mol. The first-order valence-corrected chi connectivity index (χ1v) is 10.5. The highest BCUT2D eigenvalue weighted by atomic mass is 16.5. The van der Waals surface area contributed by atoms with Gasteiger partial charge in [-0.05, 0) is 51.4 Å². The number of morpholine rings is 1. The van der Waals surface area contributed by atoms with Crippen molar-refractivity contribution in [3.05, 3.63) is 36.3 Å². The third-order valence-electron chi connectivity index (χ3n) is 6.13. The first kappa shape index (κ1) is 18.5. The Kier molecular flexibility index (Phi) is 4.93. The number of ether oxygens (including phenoxy) is 1.